The van der Waals surface area contributed by atoms with E-state index in [2.05, 4.69) is 28.3 Å². The van der Waals surface area contributed by atoms with Crippen molar-refractivity contribution in [1.29, 1.82) is 0 Å². The van der Waals surface area contributed by atoms with Gasteiger partial charge in [0.25, 0.3) is 0 Å². The van der Waals surface area contributed by atoms with Crippen molar-refractivity contribution >= 4 is 27.8 Å². The minimum atomic E-state index is -0.00469. The molecule has 0 aliphatic heterocycles. The van der Waals surface area contributed by atoms with Gasteiger partial charge in [0.2, 0.25) is 5.91 Å². The summed E-state index contributed by atoms with van der Waals surface area (Å²) in [6.45, 7) is 2.08. The summed E-state index contributed by atoms with van der Waals surface area (Å²) in [5.74, 6) is -0.00469. The number of fused-ring (bicyclic) bond motifs is 2. The third-order valence-electron chi connectivity index (χ3n) is 4.45. The molecule has 0 fully saturated rings. The number of benzene rings is 1. The predicted molar refractivity (Wildman–Crippen MR) is 99.3 cm³/mol. The fourth-order valence-electron chi connectivity index (χ4n) is 3.14. The highest BCUT2D eigenvalue weighted by Gasteiger charge is 2.11. The fourth-order valence-corrected chi connectivity index (χ4v) is 3.14. The number of aromatic nitrogens is 3. The van der Waals surface area contributed by atoms with Crippen LogP contribution in [0.3, 0.4) is 0 Å². The van der Waals surface area contributed by atoms with Crippen LogP contribution in [0.1, 0.15) is 11.1 Å². The fraction of sp³-hybridized carbons (Fsp3) is 0.150. The number of hydrogen-bond donors (Lipinski definition) is 2. The summed E-state index contributed by atoms with van der Waals surface area (Å²) in [5, 5.41) is 4.81. The molecular weight excluding hydrogens is 312 g/mol. The highest BCUT2D eigenvalue weighted by Crippen LogP contribution is 2.29. The molecule has 5 nitrogen and oxygen atoms in total. The average Bonchev–Trinajstić information content (AvgIpc) is 3.05. The lowest BCUT2D eigenvalue weighted by Crippen LogP contribution is -2.19. The van der Waals surface area contributed by atoms with Crippen LogP contribution in [0.4, 0.5) is 0 Å². The number of amides is 1. The maximum Gasteiger partial charge on any atom is 0.224 e. The van der Waals surface area contributed by atoms with Crippen molar-refractivity contribution in [1.82, 2.24) is 20.3 Å². The van der Waals surface area contributed by atoms with Crippen molar-refractivity contribution in [2.24, 2.45) is 0 Å². The van der Waals surface area contributed by atoms with E-state index in [4.69, 9.17) is 4.98 Å². The second-order valence-corrected chi connectivity index (χ2v) is 6.13. The van der Waals surface area contributed by atoms with Crippen molar-refractivity contribution in [3.05, 3.63) is 59.9 Å². The minimum absolute atomic E-state index is 0.00469. The zero-order chi connectivity index (χ0) is 17.4. The van der Waals surface area contributed by atoms with E-state index in [-0.39, 0.29) is 5.91 Å². The molecule has 0 atom stereocenters. The molecule has 0 aliphatic rings. The Kier molecular flexibility index (Phi) is 3.69. The van der Waals surface area contributed by atoms with Crippen molar-refractivity contribution < 1.29 is 4.79 Å². The largest absolute Gasteiger partial charge is 0.359 e. The summed E-state index contributed by atoms with van der Waals surface area (Å²) < 4.78 is 0. The van der Waals surface area contributed by atoms with Crippen LogP contribution in [0, 0.1) is 6.92 Å². The molecule has 3 aromatic heterocycles. The lowest BCUT2D eigenvalue weighted by Gasteiger charge is -2.08. The van der Waals surface area contributed by atoms with Crippen molar-refractivity contribution in [3.63, 3.8) is 0 Å². The molecule has 25 heavy (non-hydrogen) atoms. The highest BCUT2D eigenvalue weighted by molar-refractivity contribution is 5.95. The normalized spacial score (nSPS) is 11.1. The molecule has 124 valence electrons. The Bertz CT molecular complexity index is 1100. The summed E-state index contributed by atoms with van der Waals surface area (Å²) in [6, 6.07) is 12.1. The van der Waals surface area contributed by atoms with E-state index < -0.39 is 0 Å². The molecule has 3 heterocycles. The molecule has 0 radical (unpaired) electrons. The van der Waals surface area contributed by atoms with Gasteiger partial charge in [0.1, 0.15) is 5.65 Å². The van der Waals surface area contributed by atoms with Crippen LogP contribution in [0.25, 0.3) is 33.2 Å². The number of carbonyl (C=O) groups is 1. The summed E-state index contributed by atoms with van der Waals surface area (Å²) in [6.07, 6.45) is 4.07. The van der Waals surface area contributed by atoms with E-state index >= 15 is 0 Å². The number of carbonyl (C=O) groups excluding carboxylic acids is 1. The molecule has 0 spiro atoms. The summed E-state index contributed by atoms with van der Waals surface area (Å²) >= 11 is 0. The Hall–Kier alpha value is -3.21. The topological polar surface area (TPSA) is 70.7 Å². The van der Waals surface area contributed by atoms with Crippen LogP contribution in [-0.4, -0.2) is 27.9 Å². The summed E-state index contributed by atoms with van der Waals surface area (Å²) in [5.41, 5.74) is 5.80. The lowest BCUT2D eigenvalue weighted by atomic mass is 10.0. The number of nitrogens with zero attached hydrogens (tertiary/aromatic N) is 2. The molecule has 1 amide bonds. The van der Waals surface area contributed by atoms with Gasteiger partial charge >= 0.3 is 0 Å². The first kappa shape index (κ1) is 15.3. The minimum Gasteiger partial charge on any atom is -0.359 e. The third-order valence-corrected chi connectivity index (χ3v) is 4.45. The molecular formula is C20H18N4O. The van der Waals surface area contributed by atoms with E-state index in [1.54, 1.807) is 13.2 Å². The zero-order valence-electron chi connectivity index (χ0n) is 14.1. The van der Waals surface area contributed by atoms with E-state index in [0.29, 0.717) is 6.42 Å². The van der Waals surface area contributed by atoms with E-state index in [1.165, 1.54) is 0 Å². The number of rotatable bonds is 3. The van der Waals surface area contributed by atoms with E-state index in [0.717, 1.165) is 44.3 Å². The maximum atomic E-state index is 11.6. The second-order valence-electron chi connectivity index (χ2n) is 6.13. The molecule has 0 bridgehead atoms. The van der Waals surface area contributed by atoms with Crippen LogP contribution in [0.2, 0.25) is 0 Å². The molecule has 1 aromatic carbocycles. The van der Waals surface area contributed by atoms with Gasteiger partial charge < -0.3 is 10.3 Å². The molecule has 0 saturated carbocycles. The smallest absolute Gasteiger partial charge is 0.224 e. The summed E-state index contributed by atoms with van der Waals surface area (Å²) in [4.78, 5) is 24.0. The van der Waals surface area contributed by atoms with Crippen LogP contribution in [0.15, 0.2) is 48.8 Å². The van der Waals surface area contributed by atoms with Crippen LogP contribution in [-0.2, 0) is 11.2 Å². The summed E-state index contributed by atoms with van der Waals surface area (Å²) in [7, 11) is 1.65. The van der Waals surface area contributed by atoms with Crippen molar-refractivity contribution in [2.45, 2.75) is 13.3 Å². The van der Waals surface area contributed by atoms with Gasteiger partial charge in [0.15, 0.2) is 0 Å². The molecule has 0 saturated heterocycles. The van der Waals surface area contributed by atoms with Gasteiger partial charge in [-0.2, -0.15) is 0 Å². The van der Waals surface area contributed by atoms with Crippen molar-refractivity contribution in [3.8, 4) is 11.3 Å². The van der Waals surface area contributed by atoms with E-state index in [9.17, 15) is 4.79 Å². The number of H-pyrrole nitrogens is 1. The van der Waals surface area contributed by atoms with Crippen molar-refractivity contribution in [2.75, 3.05) is 7.05 Å². The Morgan fingerprint density at radius 3 is 2.92 bits per heavy atom. The quantitative estimate of drug-likeness (QED) is 0.605. The van der Waals surface area contributed by atoms with Crippen LogP contribution < -0.4 is 5.32 Å². The van der Waals surface area contributed by atoms with Gasteiger partial charge in [-0.15, -0.1) is 0 Å². The Balaban J connectivity index is 1.86. The van der Waals surface area contributed by atoms with Crippen LogP contribution in [0.5, 0.6) is 0 Å². The number of nitrogens with one attached hydrogen (secondary N) is 2. The number of pyridine rings is 2. The lowest BCUT2D eigenvalue weighted by molar-refractivity contribution is -0.119. The number of aryl methyl sites for hydroxylation is 1. The number of hydrogen-bond acceptors (Lipinski definition) is 3. The third kappa shape index (κ3) is 2.74. The standard InChI is InChI=1S/C20H18N4O/c1-12-8-17(16-11-23-20-15(16)4-3-7-22-20)24-18-9-13(5-6-14(12)18)10-19(25)21-2/h3-9,11H,10H2,1-2H3,(H,21,25)(H,22,23). The molecule has 4 rings (SSSR count). The van der Waals surface area contributed by atoms with Gasteiger partial charge in [-0.25, -0.2) is 9.97 Å². The Morgan fingerprint density at radius 1 is 1.20 bits per heavy atom. The molecule has 0 unspecified atom stereocenters. The monoisotopic (exact) mass is 330 g/mol. The molecule has 0 aliphatic carbocycles. The SMILES string of the molecule is CNC(=O)Cc1ccc2c(C)cc(-c3c[nH]c4ncccc34)nc2c1. The van der Waals surface area contributed by atoms with Gasteiger partial charge in [-0.05, 0) is 42.3 Å². The van der Waals surface area contributed by atoms with Gasteiger partial charge in [-0.1, -0.05) is 12.1 Å². The predicted octanol–water partition coefficient (Wildman–Crippen LogP) is 3.38. The average molecular weight is 330 g/mol. The maximum absolute atomic E-state index is 11.6. The first-order valence-electron chi connectivity index (χ1n) is 8.19. The first-order chi connectivity index (χ1) is 12.2. The van der Waals surface area contributed by atoms with Gasteiger partial charge in [0.05, 0.1) is 17.6 Å². The number of likely N-dealkylation sites (N-methyl/N-ethyl adjacent to an activating group) is 1. The van der Waals surface area contributed by atoms with Gasteiger partial charge in [-0.3, -0.25) is 4.79 Å². The van der Waals surface area contributed by atoms with Gasteiger partial charge in [0, 0.05) is 35.8 Å². The number of aromatic amines is 1. The molecule has 5 heteroatoms. The molecule has 4 aromatic rings. The molecule has 2 N–H and O–H groups in total. The van der Waals surface area contributed by atoms with E-state index in [1.807, 2.05) is 36.5 Å². The zero-order valence-corrected chi connectivity index (χ0v) is 14.1. The first-order valence-corrected chi connectivity index (χ1v) is 8.19. The Morgan fingerprint density at radius 2 is 2.08 bits per heavy atom. The second kappa shape index (κ2) is 6.02. The highest BCUT2D eigenvalue weighted by atomic mass is 16.1. The Labute approximate surface area is 145 Å². The van der Waals surface area contributed by atoms with Crippen LogP contribution >= 0.6 is 0 Å².